The highest BCUT2D eigenvalue weighted by molar-refractivity contribution is 6.06. The average Bonchev–Trinajstić information content (AvgIpc) is 2.66. The maximum absolute atomic E-state index is 12.1. The SMILES string of the molecule is CC(CC(=O)Nc1ccc(N(C)C)cc1)=NNC(=O)c1ccc([N+](=O)[O-])cc1. The monoisotopic (exact) mass is 383 g/mol. The van der Waals surface area contributed by atoms with Crippen LogP contribution in [0.15, 0.2) is 53.6 Å². The maximum atomic E-state index is 12.1. The van der Waals surface area contributed by atoms with Crippen molar-refractivity contribution >= 4 is 34.6 Å². The highest BCUT2D eigenvalue weighted by Gasteiger charge is 2.10. The molecule has 0 radical (unpaired) electrons. The van der Waals surface area contributed by atoms with Crippen LogP contribution in [-0.4, -0.2) is 36.5 Å². The number of nitrogens with zero attached hydrogens (tertiary/aromatic N) is 3. The van der Waals surface area contributed by atoms with Crippen LogP contribution >= 0.6 is 0 Å². The molecule has 2 N–H and O–H groups in total. The minimum atomic E-state index is -0.545. The van der Waals surface area contributed by atoms with E-state index >= 15 is 0 Å². The van der Waals surface area contributed by atoms with E-state index < -0.39 is 10.8 Å². The Morgan fingerprint density at radius 2 is 1.68 bits per heavy atom. The lowest BCUT2D eigenvalue weighted by Crippen LogP contribution is -2.21. The number of benzene rings is 2. The van der Waals surface area contributed by atoms with Crippen LogP contribution in [-0.2, 0) is 4.79 Å². The molecule has 0 atom stereocenters. The fourth-order valence-corrected chi connectivity index (χ4v) is 2.27. The fourth-order valence-electron chi connectivity index (χ4n) is 2.27. The molecule has 2 amide bonds. The second-order valence-electron chi connectivity index (χ2n) is 6.26. The van der Waals surface area contributed by atoms with E-state index in [2.05, 4.69) is 15.8 Å². The molecule has 2 rings (SSSR count). The third-order valence-electron chi connectivity index (χ3n) is 3.77. The van der Waals surface area contributed by atoms with E-state index in [1.807, 2.05) is 31.1 Å². The normalized spacial score (nSPS) is 10.9. The summed E-state index contributed by atoms with van der Waals surface area (Å²) in [4.78, 5) is 36.1. The van der Waals surface area contributed by atoms with E-state index in [-0.39, 0.29) is 23.6 Å². The van der Waals surface area contributed by atoms with Gasteiger partial charge in [-0.25, -0.2) is 5.43 Å². The van der Waals surface area contributed by atoms with E-state index in [1.54, 1.807) is 19.1 Å². The smallest absolute Gasteiger partial charge is 0.271 e. The topological polar surface area (TPSA) is 117 Å². The van der Waals surface area contributed by atoms with Crippen molar-refractivity contribution in [3.05, 3.63) is 64.2 Å². The van der Waals surface area contributed by atoms with E-state index in [4.69, 9.17) is 0 Å². The molecular formula is C19H21N5O4. The number of non-ortho nitro benzene ring substituents is 1. The Balaban J connectivity index is 1.87. The Morgan fingerprint density at radius 1 is 1.07 bits per heavy atom. The van der Waals surface area contributed by atoms with Crippen molar-refractivity contribution in [2.75, 3.05) is 24.3 Å². The minimum absolute atomic E-state index is 0.00989. The molecule has 0 aromatic heterocycles. The quantitative estimate of drug-likeness (QED) is 0.433. The molecule has 0 unspecified atom stereocenters. The number of carbonyl (C=O) groups excluding carboxylic acids is 2. The van der Waals surface area contributed by atoms with Gasteiger partial charge in [-0.05, 0) is 43.3 Å². The van der Waals surface area contributed by atoms with Crippen LogP contribution < -0.4 is 15.6 Å². The zero-order valence-electron chi connectivity index (χ0n) is 15.8. The zero-order valence-corrected chi connectivity index (χ0v) is 15.8. The van der Waals surface area contributed by atoms with Crippen molar-refractivity contribution in [2.45, 2.75) is 13.3 Å². The third kappa shape index (κ3) is 5.90. The van der Waals surface area contributed by atoms with Gasteiger partial charge in [0, 0.05) is 48.9 Å². The van der Waals surface area contributed by atoms with Crippen molar-refractivity contribution in [1.29, 1.82) is 0 Å². The molecule has 9 heteroatoms. The van der Waals surface area contributed by atoms with Crippen LogP contribution in [0.3, 0.4) is 0 Å². The molecule has 0 aliphatic heterocycles. The molecule has 0 aliphatic rings. The van der Waals surface area contributed by atoms with Gasteiger partial charge in [0.2, 0.25) is 5.91 Å². The molecule has 0 heterocycles. The summed E-state index contributed by atoms with van der Waals surface area (Å²) in [5.74, 6) is -0.780. The summed E-state index contributed by atoms with van der Waals surface area (Å²) in [6.45, 7) is 1.62. The van der Waals surface area contributed by atoms with Gasteiger partial charge in [-0.15, -0.1) is 0 Å². The highest BCUT2D eigenvalue weighted by Crippen LogP contribution is 2.16. The molecule has 0 saturated heterocycles. The predicted octanol–water partition coefficient (Wildman–Crippen LogP) is 2.80. The largest absolute Gasteiger partial charge is 0.378 e. The number of hydrazone groups is 1. The van der Waals surface area contributed by atoms with Gasteiger partial charge in [-0.3, -0.25) is 19.7 Å². The Hall–Kier alpha value is -3.75. The number of anilines is 2. The standard InChI is InChI=1S/C19H21N5O4/c1-13(12-18(25)20-15-6-10-16(11-7-15)23(2)3)21-22-19(26)14-4-8-17(9-5-14)24(27)28/h4-11H,12H2,1-3H3,(H,20,25)(H,22,26). The first kappa shape index (κ1) is 20.6. The Kier molecular flexibility index (Phi) is 6.80. The first-order valence-corrected chi connectivity index (χ1v) is 8.41. The summed E-state index contributed by atoms with van der Waals surface area (Å²) >= 11 is 0. The number of carbonyl (C=O) groups is 2. The van der Waals surface area contributed by atoms with Crippen molar-refractivity contribution in [1.82, 2.24) is 5.43 Å². The number of hydrogen-bond acceptors (Lipinski definition) is 6. The van der Waals surface area contributed by atoms with Gasteiger partial charge in [-0.1, -0.05) is 0 Å². The highest BCUT2D eigenvalue weighted by atomic mass is 16.6. The third-order valence-corrected chi connectivity index (χ3v) is 3.77. The first-order valence-electron chi connectivity index (χ1n) is 8.41. The second kappa shape index (κ2) is 9.26. The maximum Gasteiger partial charge on any atom is 0.271 e. The number of rotatable bonds is 7. The zero-order chi connectivity index (χ0) is 20.7. The van der Waals surface area contributed by atoms with Crippen molar-refractivity contribution in [3.8, 4) is 0 Å². The van der Waals surface area contributed by atoms with E-state index in [0.29, 0.717) is 11.4 Å². The number of nitrogens with one attached hydrogen (secondary N) is 2. The van der Waals surface area contributed by atoms with Crippen LogP contribution in [0.5, 0.6) is 0 Å². The molecule has 2 aromatic carbocycles. The molecule has 2 aromatic rings. The van der Waals surface area contributed by atoms with Crippen LogP contribution in [0, 0.1) is 10.1 Å². The number of nitro groups is 1. The van der Waals surface area contributed by atoms with Crippen LogP contribution in [0.1, 0.15) is 23.7 Å². The number of nitro benzene ring substituents is 1. The van der Waals surface area contributed by atoms with Crippen molar-refractivity contribution in [2.24, 2.45) is 5.10 Å². The average molecular weight is 383 g/mol. The van der Waals surface area contributed by atoms with Gasteiger partial charge < -0.3 is 10.2 Å². The lowest BCUT2D eigenvalue weighted by atomic mass is 10.2. The molecule has 146 valence electrons. The Morgan fingerprint density at radius 3 is 2.21 bits per heavy atom. The molecule has 0 aliphatic carbocycles. The lowest BCUT2D eigenvalue weighted by Gasteiger charge is -2.13. The summed E-state index contributed by atoms with van der Waals surface area (Å²) in [7, 11) is 3.86. The van der Waals surface area contributed by atoms with Gasteiger partial charge in [0.05, 0.1) is 11.3 Å². The summed E-state index contributed by atoms with van der Waals surface area (Å²) < 4.78 is 0. The molecule has 0 spiro atoms. The van der Waals surface area contributed by atoms with Gasteiger partial charge in [-0.2, -0.15) is 5.10 Å². The van der Waals surface area contributed by atoms with Gasteiger partial charge in [0.1, 0.15) is 0 Å². The number of amides is 2. The van der Waals surface area contributed by atoms with Gasteiger partial charge in [0.15, 0.2) is 0 Å². The Bertz CT molecular complexity index is 890. The molecule has 28 heavy (non-hydrogen) atoms. The van der Waals surface area contributed by atoms with Crippen molar-refractivity contribution in [3.63, 3.8) is 0 Å². The van der Waals surface area contributed by atoms with E-state index in [0.717, 1.165) is 5.69 Å². The minimum Gasteiger partial charge on any atom is -0.378 e. The number of hydrogen-bond donors (Lipinski definition) is 2. The van der Waals surface area contributed by atoms with Gasteiger partial charge in [0.25, 0.3) is 11.6 Å². The fraction of sp³-hybridized carbons (Fsp3) is 0.211. The Labute approximate surface area is 162 Å². The summed E-state index contributed by atoms with van der Waals surface area (Å²) in [5, 5.41) is 17.3. The van der Waals surface area contributed by atoms with Crippen LogP contribution in [0.25, 0.3) is 0 Å². The molecule has 9 nitrogen and oxygen atoms in total. The first-order chi connectivity index (χ1) is 13.3. The lowest BCUT2D eigenvalue weighted by molar-refractivity contribution is -0.384. The molecule has 0 fully saturated rings. The molecular weight excluding hydrogens is 362 g/mol. The van der Waals surface area contributed by atoms with Crippen LogP contribution in [0.2, 0.25) is 0 Å². The molecule has 0 bridgehead atoms. The summed E-state index contributed by atoms with van der Waals surface area (Å²) in [6.07, 6.45) is 0.00989. The van der Waals surface area contributed by atoms with E-state index in [9.17, 15) is 19.7 Å². The van der Waals surface area contributed by atoms with E-state index in [1.165, 1.54) is 24.3 Å². The van der Waals surface area contributed by atoms with Gasteiger partial charge >= 0.3 is 0 Å². The predicted molar refractivity (Wildman–Crippen MR) is 108 cm³/mol. The summed E-state index contributed by atoms with van der Waals surface area (Å²) in [6, 6.07) is 12.5. The van der Waals surface area contributed by atoms with Crippen LogP contribution in [0.4, 0.5) is 17.1 Å². The molecule has 0 saturated carbocycles. The summed E-state index contributed by atoms with van der Waals surface area (Å²) in [5.41, 5.74) is 4.55. The second-order valence-corrected chi connectivity index (χ2v) is 6.26. The van der Waals surface area contributed by atoms with Crippen molar-refractivity contribution < 1.29 is 14.5 Å².